The first kappa shape index (κ1) is 20.3. The quantitative estimate of drug-likeness (QED) is 0.475. The van der Waals surface area contributed by atoms with E-state index in [4.69, 9.17) is 20.8 Å². The summed E-state index contributed by atoms with van der Waals surface area (Å²) in [6.07, 6.45) is 1.38. The molecule has 0 aliphatic rings. The van der Waals surface area contributed by atoms with Gasteiger partial charge in [-0.1, -0.05) is 0 Å². The molecule has 0 aliphatic carbocycles. The number of hydrogen-bond donors (Lipinski definition) is 1. The topological polar surface area (TPSA) is 67.3 Å². The lowest BCUT2D eigenvalue weighted by Gasteiger charge is -2.19. The van der Waals surface area contributed by atoms with Crippen molar-refractivity contribution in [3.8, 4) is 11.3 Å². The predicted molar refractivity (Wildman–Crippen MR) is 105 cm³/mol. The predicted octanol–water partition coefficient (Wildman–Crippen LogP) is 3.98. The fourth-order valence-electron chi connectivity index (χ4n) is 2.35. The molecule has 6 nitrogen and oxygen atoms in total. The molecule has 0 aliphatic heterocycles. The number of aliphatic hydroxyl groups is 1. The molecule has 0 saturated heterocycles. The fourth-order valence-corrected chi connectivity index (χ4v) is 2.35. The third-order valence-corrected chi connectivity index (χ3v) is 3.66. The maximum Gasteiger partial charge on any atom is 0.336 e. The highest BCUT2D eigenvalue weighted by molar-refractivity contribution is 5.95. The molecule has 0 saturated carbocycles. The van der Waals surface area contributed by atoms with E-state index in [-0.39, 0.29) is 12.3 Å². The lowest BCUT2D eigenvalue weighted by molar-refractivity contribution is -0.149. The van der Waals surface area contributed by atoms with Crippen LogP contribution in [0.15, 0.2) is 46.5 Å². The Morgan fingerprint density at radius 2 is 1.93 bits per heavy atom. The molecule has 0 amide bonds. The highest BCUT2D eigenvalue weighted by atomic mass is 16.6. The Balaban J connectivity index is 2.18. The number of carbonyl (C=O) groups excluding carboxylic acids is 1. The minimum atomic E-state index is -0.674. The Morgan fingerprint density at radius 1 is 1.26 bits per heavy atom. The number of ether oxygens (including phenoxy) is 1. The number of rotatable bonds is 6. The number of furan rings is 1. The first-order chi connectivity index (χ1) is 12.7. The van der Waals surface area contributed by atoms with Crippen LogP contribution in [0.5, 0.6) is 0 Å². The van der Waals surface area contributed by atoms with Gasteiger partial charge in [-0.05, 0) is 63.2 Å². The zero-order valence-corrected chi connectivity index (χ0v) is 16.0. The molecule has 1 aromatic heterocycles. The molecular formula is C21H24N2O4. The molecular weight excluding hydrogens is 344 g/mol. The van der Waals surface area contributed by atoms with Crippen molar-refractivity contribution in [2.45, 2.75) is 26.4 Å². The molecule has 2 aromatic rings. The second kappa shape index (κ2) is 8.56. The third-order valence-electron chi connectivity index (χ3n) is 3.66. The molecule has 1 N–H and O–H groups in total. The first-order valence-electron chi connectivity index (χ1n) is 8.58. The molecule has 27 heavy (non-hydrogen) atoms. The monoisotopic (exact) mass is 368 g/mol. The molecule has 1 aromatic carbocycles. The third kappa shape index (κ3) is 5.73. The summed E-state index contributed by atoms with van der Waals surface area (Å²) in [6, 6.07) is 11.2. The second-order valence-electron chi connectivity index (χ2n) is 7.04. The fraction of sp³-hybridized carbons (Fsp3) is 0.333. The number of hydrogen-bond acceptors (Lipinski definition) is 5. The number of likely N-dealkylation sites (N-methyl/N-ethyl adjacent to an activating group) is 1. The van der Waals surface area contributed by atoms with E-state index in [9.17, 15) is 4.79 Å². The van der Waals surface area contributed by atoms with Gasteiger partial charge in [-0.15, -0.1) is 0 Å². The maximum absolute atomic E-state index is 12.1. The number of aliphatic hydroxyl groups excluding tert-OH is 1. The highest BCUT2D eigenvalue weighted by Crippen LogP contribution is 2.26. The summed E-state index contributed by atoms with van der Waals surface area (Å²) in [6.45, 7) is 13.1. The summed E-state index contributed by atoms with van der Waals surface area (Å²) >= 11 is 0. The molecule has 2 rings (SSSR count). The van der Waals surface area contributed by atoms with Crippen LogP contribution in [0.2, 0.25) is 0 Å². The molecule has 0 atom stereocenters. The van der Waals surface area contributed by atoms with E-state index in [1.54, 1.807) is 32.9 Å². The van der Waals surface area contributed by atoms with Crippen LogP contribution in [-0.4, -0.2) is 36.9 Å². The van der Waals surface area contributed by atoms with Crippen molar-refractivity contribution in [2.75, 3.05) is 25.1 Å². The average Bonchev–Trinajstić information content (AvgIpc) is 3.07. The van der Waals surface area contributed by atoms with Gasteiger partial charge in [0.15, 0.2) is 0 Å². The Hall–Kier alpha value is -3.04. The van der Waals surface area contributed by atoms with Gasteiger partial charge in [0.05, 0.1) is 13.2 Å². The largest absolute Gasteiger partial charge is 0.465 e. The van der Waals surface area contributed by atoms with Crippen molar-refractivity contribution >= 4 is 17.7 Å². The molecule has 142 valence electrons. The van der Waals surface area contributed by atoms with Crippen molar-refractivity contribution in [1.29, 1.82) is 0 Å². The summed E-state index contributed by atoms with van der Waals surface area (Å²) in [5.41, 5.74) is 1.06. The average molecular weight is 368 g/mol. The van der Waals surface area contributed by atoms with Gasteiger partial charge >= 0.3 is 5.97 Å². The normalized spacial score (nSPS) is 11.8. The standard InChI is InChI=1S/C21H24N2O4/c1-21(2,3)27-20(25)18(22-4)14-17-10-11-19(26-17)15-6-8-16(9-7-15)23(5)12-13-24/h6-11,14,24H,12-13H2,1-3,5H3/b18-14-. The van der Waals surface area contributed by atoms with Crippen LogP contribution in [0.3, 0.4) is 0 Å². The number of nitrogens with zero attached hydrogens (tertiary/aromatic N) is 2. The van der Waals surface area contributed by atoms with Gasteiger partial charge in [0.25, 0.3) is 5.70 Å². The summed E-state index contributed by atoms with van der Waals surface area (Å²) < 4.78 is 11.0. The van der Waals surface area contributed by atoms with E-state index in [1.807, 2.05) is 36.2 Å². The molecule has 6 heteroatoms. The minimum Gasteiger partial charge on any atom is -0.465 e. The molecule has 0 unspecified atom stereocenters. The van der Waals surface area contributed by atoms with Gasteiger partial charge in [-0.3, -0.25) is 4.79 Å². The van der Waals surface area contributed by atoms with E-state index < -0.39 is 11.6 Å². The van der Waals surface area contributed by atoms with Crippen LogP contribution < -0.4 is 4.90 Å². The summed E-state index contributed by atoms with van der Waals surface area (Å²) in [5, 5.41) is 9.01. The van der Waals surface area contributed by atoms with Crippen molar-refractivity contribution in [1.82, 2.24) is 0 Å². The van der Waals surface area contributed by atoms with Gasteiger partial charge in [-0.2, -0.15) is 0 Å². The van der Waals surface area contributed by atoms with Gasteiger partial charge in [0.2, 0.25) is 0 Å². The number of carbonyl (C=O) groups is 1. The molecule has 0 radical (unpaired) electrons. The van der Waals surface area contributed by atoms with E-state index in [1.165, 1.54) is 6.08 Å². The van der Waals surface area contributed by atoms with Crippen molar-refractivity contribution in [3.63, 3.8) is 0 Å². The van der Waals surface area contributed by atoms with Crippen LogP contribution in [0, 0.1) is 6.57 Å². The summed E-state index contributed by atoms with van der Waals surface area (Å²) in [7, 11) is 1.91. The summed E-state index contributed by atoms with van der Waals surface area (Å²) in [5.74, 6) is 0.362. The van der Waals surface area contributed by atoms with Crippen LogP contribution in [-0.2, 0) is 9.53 Å². The molecule has 0 fully saturated rings. The summed E-state index contributed by atoms with van der Waals surface area (Å²) in [4.78, 5) is 17.3. The van der Waals surface area contributed by atoms with Crippen LogP contribution in [0.1, 0.15) is 26.5 Å². The molecule has 1 heterocycles. The van der Waals surface area contributed by atoms with Crippen molar-refractivity contribution in [2.24, 2.45) is 0 Å². The van der Waals surface area contributed by atoms with E-state index in [0.29, 0.717) is 18.1 Å². The smallest absolute Gasteiger partial charge is 0.336 e. The van der Waals surface area contributed by atoms with Crippen molar-refractivity contribution < 1.29 is 19.1 Å². The molecule has 0 spiro atoms. The highest BCUT2D eigenvalue weighted by Gasteiger charge is 2.20. The zero-order chi connectivity index (χ0) is 20.0. The Morgan fingerprint density at radius 3 is 2.48 bits per heavy atom. The van der Waals surface area contributed by atoms with Crippen LogP contribution >= 0.6 is 0 Å². The number of esters is 1. The Labute approximate surface area is 159 Å². The molecule has 0 bridgehead atoms. The van der Waals surface area contributed by atoms with E-state index in [2.05, 4.69) is 4.85 Å². The van der Waals surface area contributed by atoms with Crippen LogP contribution in [0.4, 0.5) is 5.69 Å². The number of benzene rings is 1. The zero-order valence-electron chi connectivity index (χ0n) is 16.0. The van der Waals surface area contributed by atoms with E-state index in [0.717, 1.165) is 11.3 Å². The SMILES string of the molecule is [C-]#[N+]/C(=C\c1ccc(-c2ccc(N(C)CCO)cc2)o1)C(=O)OC(C)(C)C. The lowest BCUT2D eigenvalue weighted by Crippen LogP contribution is -2.24. The van der Waals surface area contributed by atoms with Gasteiger partial charge in [0, 0.05) is 24.8 Å². The van der Waals surface area contributed by atoms with Gasteiger partial charge in [-0.25, -0.2) is 4.85 Å². The number of anilines is 1. The first-order valence-corrected chi connectivity index (χ1v) is 8.58. The van der Waals surface area contributed by atoms with Gasteiger partial charge in [0.1, 0.15) is 17.1 Å². The van der Waals surface area contributed by atoms with Gasteiger partial charge < -0.3 is 19.2 Å². The van der Waals surface area contributed by atoms with Crippen molar-refractivity contribution in [3.05, 3.63) is 59.3 Å². The Kier molecular flexibility index (Phi) is 6.43. The minimum absolute atomic E-state index is 0.0904. The lowest BCUT2D eigenvalue weighted by atomic mass is 10.1. The Bertz CT molecular complexity index is 852. The second-order valence-corrected chi connectivity index (χ2v) is 7.04. The van der Waals surface area contributed by atoms with Crippen LogP contribution in [0.25, 0.3) is 22.2 Å². The maximum atomic E-state index is 12.1. The van der Waals surface area contributed by atoms with E-state index >= 15 is 0 Å².